The van der Waals surface area contributed by atoms with E-state index in [-0.39, 0.29) is 0 Å². The third kappa shape index (κ3) is 9.27. The van der Waals surface area contributed by atoms with E-state index < -0.39 is 0 Å². The second-order valence-corrected chi connectivity index (χ2v) is 15.4. The maximum absolute atomic E-state index is 4.55. The number of anilines is 5. The van der Waals surface area contributed by atoms with Gasteiger partial charge in [0, 0.05) is 34.1 Å². The summed E-state index contributed by atoms with van der Waals surface area (Å²) in [4.78, 5) is 4.62. The number of rotatable bonds is 13. The average Bonchev–Trinajstić information content (AvgIpc) is 3.37. The van der Waals surface area contributed by atoms with Crippen LogP contribution in [0.1, 0.15) is 12.5 Å². The van der Waals surface area contributed by atoms with Gasteiger partial charge in [-0.05, 0) is 129 Å². The molecule has 0 atom stereocenters. The van der Waals surface area contributed by atoms with Gasteiger partial charge in [-0.25, -0.2) is 0 Å². The third-order valence-electron chi connectivity index (χ3n) is 11.4. The van der Waals surface area contributed by atoms with Crippen LogP contribution < -0.4 is 9.80 Å². The zero-order valence-electron chi connectivity index (χ0n) is 35.4. The monoisotopic (exact) mass is 808 g/mol. The molecule has 9 aromatic carbocycles. The van der Waals surface area contributed by atoms with Crippen LogP contribution in [0.15, 0.2) is 273 Å². The van der Waals surface area contributed by atoms with Crippen molar-refractivity contribution in [3.8, 4) is 44.5 Å². The van der Waals surface area contributed by atoms with E-state index in [1.165, 1.54) is 44.5 Å². The van der Waals surface area contributed by atoms with Crippen LogP contribution in [0.4, 0.5) is 28.4 Å². The fourth-order valence-corrected chi connectivity index (χ4v) is 8.04. The molecule has 0 aliphatic carbocycles. The lowest BCUT2D eigenvalue weighted by molar-refractivity contribution is 1.20. The highest BCUT2D eigenvalue weighted by atomic mass is 15.1. The van der Waals surface area contributed by atoms with Crippen LogP contribution in [0, 0.1) is 0 Å². The standard InChI is InChI=1S/C61H48N2/c1-3-56(62(57-38-27-52(28-39-57)48-16-8-4-9-17-48)58-40-29-53(30-41-58)49-18-10-5-11-19-49)35-24-46(2)47-25-36-59(37-26-47)63(60-42-31-54(32-43-60)50-20-12-6-13-21-50)61-44-33-55(34-45-61)51-22-14-7-15-23-51/h3-45H,2H2,1H3/b35-24-,56-3+. The van der Waals surface area contributed by atoms with E-state index in [9.17, 15) is 0 Å². The Morgan fingerprint density at radius 1 is 0.317 bits per heavy atom. The zero-order valence-corrected chi connectivity index (χ0v) is 35.4. The topological polar surface area (TPSA) is 6.48 Å². The second kappa shape index (κ2) is 19.0. The van der Waals surface area contributed by atoms with Crippen LogP contribution in [-0.4, -0.2) is 0 Å². The Morgan fingerprint density at radius 3 is 0.889 bits per heavy atom. The number of hydrogen-bond acceptors (Lipinski definition) is 2. The molecule has 0 aliphatic rings. The fourth-order valence-electron chi connectivity index (χ4n) is 8.04. The molecular weight excluding hydrogens is 761 g/mol. The molecule has 0 aromatic heterocycles. The molecular formula is C61H48N2. The molecule has 0 aliphatic heterocycles. The molecule has 0 unspecified atom stereocenters. The molecule has 0 heterocycles. The minimum absolute atomic E-state index is 0.922. The first-order valence-corrected chi connectivity index (χ1v) is 21.5. The van der Waals surface area contributed by atoms with Gasteiger partial charge >= 0.3 is 0 Å². The van der Waals surface area contributed by atoms with Gasteiger partial charge in [0.15, 0.2) is 0 Å². The van der Waals surface area contributed by atoms with Gasteiger partial charge in [0.2, 0.25) is 0 Å². The first-order chi connectivity index (χ1) is 31.1. The minimum atomic E-state index is 0.922. The predicted octanol–water partition coefficient (Wildman–Crippen LogP) is 17.1. The molecule has 63 heavy (non-hydrogen) atoms. The van der Waals surface area contributed by atoms with Crippen LogP contribution in [0.3, 0.4) is 0 Å². The third-order valence-corrected chi connectivity index (χ3v) is 11.4. The SMILES string of the molecule is C=C(/C=C\C(=C/C)N(c1ccc(-c2ccccc2)cc1)c1ccc(-c2ccccc2)cc1)c1ccc(N(c2ccc(-c3ccccc3)cc2)c2ccc(-c3ccccc3)cc2)cc1. The summed E-state index contributed by atoms with van der Waals surface area (Å²) < 4.78 is 0. The second-order valence-electron chi connectivity index (χ2n) is 15.4. The van der Waals surface area contributed by atoms with Crippen LogP contribution >= 0.6 is 0 Å². The van der Waals surface area contributed by atoms with Crippen LogP contribution in [0.2, 0.25) is 0 Å². The molecule has 0 saturated carbocycles. The molecule has 0 fully saturated rings. The Kier molecular flexibility index (Phi) is 12.1. The summed E-state index contributed by atoms with van der Waals surface area (Å²) in [6.45, 7) is 6.64. The summed E-state index contributed by atoms with van der Waals surface area (Å²) in [5, 5.41) is 0. The molecule has 0 amide bonds. The highest BCUT2D eigenvalue weighted by molar-refractivity contribution is 5.82. The molecule has 2 heteroatoms. The van der Waals surface area contributed by atoms with Crippen LogP contribution in [-0.2, 0) is 0 Å². The summed E-state index contributed by atoms with van der Waals surface area (Å²) >= 11 is 0. The van der Waals surface area contributed by atoms with E-state index in [0.717, 1.165) is 45.3 Å². The number of hydrogen-bond donors (Lipinski definition) is 0. The summed E-state index contributed by atoms with van der Waals surface area (Å²) in [5.41, 5.74) is 17.9. The van der Waals surface area contributed by atoms with Gasteiger partial charge in [0.1, 0.15) is 0 Å². The van der Waals surface area contributed by atoms with E-state index in [0.29, 0.717) is 0 Å². The van der Waals surface area contributed by atoms with Crippen molar-refractivity contribution in [3.63, 3.8) is 0 Å². The summed E-state index contributed by atoms with van der Waals surface area (Å²) in [5.74, 6) is 0. The average molecular weight is 809 g/mol. The fraction of sp³-hybridized carbons (Fsp3) is 0.0164. The summed E-state index contributed by atoms with van der Waals surface area (Å²) in [6, 6.07) is 86.1. The Bertz CT molecular complexity index is 2770. The first-order valence-electron chi connectivity index (χ1n) is 21.5. The van der Waals surface area contributed by atoms with Gasteiger partial charge in [-0.2, -0.15) is 0 Å². The summed E-state index contributed by atoms with van der Waals surface area (Å²) in [6.07, 6.45) is 6.45. The largest absolute Gasteiger partial charge is 0.311 e. The maximum atomic E-state index is 4.55. The molecule has 9 rings (SSSR count). The van der Waals surface area contributed by atoms with E-state index in [4.69, 9.17) is 0 Å². The van der Waals surface area contributed by atoms with E-state index >= 15 is 0 Å². The van der Waals surface area contributed by atoms with Crippen molar-refractivity contribution in [1.82, 2.24) is 0 Å². The van der Waals surface area contributed by atoms with Crippen LogP contribution in [0.25, 0.3) is 50.1 Å². The van der Waals surface area contributed by atoms with Crippen molar-refractivity contribution in [2.24, 2.45) is 0 Å². The van der Waals surface area contributed by atoms with Crippen molar-refractivity contribution < 1.29 is 0 Å². The molecule has 302 valence electrons. The Hall–Kier alpha value is -8.20. The van der Waals surface area contributed by atoms with Crippen molar-refractivity contribution in [2.45, 2.75) is 6.92 Å². The lowest BCUT2D eigenvalue weighted by atomic mass is 10.0. The van der Waals surface area contributed by atoms with Crippen molar-refractivity contribution in [2.75, 3.05) is 9.80 Å². The quantitative estimate of drug-likeness (QED) is 0.107. The van der Waals surface area contributed by atoms with E-state index in [1.54, 1.807) is 0 Å². The Labute approximate surface area is 372 Å². The molecule has 9 aromatic rings. The normalized spacial score (nSPS) is 11.3. The maximum Gasteiger partial charge on any atom is 0.0462 e. The number of benzene rings is 9. The smallest absolute Gasteiger partial charge is 0.0462 e. The van der Waals surface area contributed by atoms with Gasteiger partial charge in [-0.1, -0.05) is 201 Å². The van der Waals surface area contributed by atoms with Gasteiger partial charge in [-0.15, -0.1) is 0 Å². The van der Waals surface area contributed by atoms with Crippen molar-refractivity contribution in [1.29, 1.82) is 0 Å². The van der Waals surface area contributed by atoms with Gasteiger partial charge in [-0.3, -0.25) is 0 Å². The lowest BCUT2D eigenvalue weighted by Crippen LogP contribution is -2.15. The molecule has 0 bridgehead atoms. The lowest BCUT2D eigenvalue weighted by Gasteiger charge is -2.27. The highest BCUT2D eigenvalue weighted by Gasteiger charge is 2.16. The molecule has 0 N–H and O–H groups in total. The Morgan fingerprint density at radius 2 is 0.587 bits per heavy atom. The van der Waals surface area contributed by atoms with E-state index in [1.807, 2.05) is 0 Å². The molecule has 0 spiro atoms. The molecule has 0 radical (unpaired) electrons. The van der Waals surface area contributed by atoms with Crippen molar-refractivity contribution >= 4 is 34.0 Å². The molecule has 0 saturated heterocycles. The summed E-state index contributed by atoms with van der Waals surface area (Å²) in [7, 11) is 0. The highest BCUT2D eigenvalue weighted by Crippen LogP contribution is 2.38. The van der Waals surface area contributed by atoms with E-state index in [2.05, 4.69) is 284 Å². The van der Waals surface area contributed by atoms with Gasteiger partial charge in [0.25, 0.3) is 0 Å². The Balaban J connectivity index is 1.00. The first kappa shape index (κ1) is 40.2. The molecule has 2 nitrogen and oxygen atoms in total. The van der Waals surface area contributed by atoms with Crippen LogP contribution in [0.5, 0.6) is 0 Å². The van der Waals surface area contributed by atoms with Gasteiger partial charge < -0.3 is 9.80 Å². The minimum Gasteiger partial charge on any atom is -0.311 e. The zero-order chi connectivity index (χ0) is 42.8. The number of allylic oxidation sites excluding steroid dienone is 4. The van der Waals surface area contributed by atoms with Gasteiger partial charge in [0.05, 0.1) is 0 Å². The number of nitrogens with zero attached hydrogens (tertiary/aromatic N) is 2. The van der Waals surface area contributed by atoms with Crippen molar-refractivity contribution in [3.05, 3.63) is 279 Å². The predicted molar refractivity (Wildman–Crippen MR) is 270 cm³/mol.